The summed E-state index contributed by atoms with van der Waals surface area (Å²) in [6, 6.07) is 106. The second-order valence-corrected chi connectivity index (χ2v) is 28.6. The maximum absolute atomic E-state index is 7.43. The molecule has 2 aromatic heterocycles. The Morgan fingerprint density at radius 2 is 0.870 bits per heavy atom. The molecule has 5 heteroatoms. The van der Waals surface area contributed by atoms with Gasteiger partial charge in [-0.05, 0) is 223 Å². The fourth-order valence-corrected chi connectivity index (χ4v) is 16.6. The predicted octanol–water partition coefficient (Wildman–Crippen LogP) is 24.9. The third-order valence-electron chi connectivity index (χ3n) is 21.9. The largest absolute Gasteiger partial charge is 0.456 e. The SMILES string of the molecule is CC1(C)c2cc3ccccc3cc2-c2c(/C=C/C(Nc3ccccc3)c3ccc4c(c3)oc3cc5cc(-c6cccc(C(N)NC(/C=C/c7cccc8c7-c7cc9ccccc9cc7C8(C)C)c7ccc(-c8ccc9oc%10ccc%11ccccc%11c%10c9c8)cc7)c6)ccc5cc34)cccc21. The van der Waals surface area contributed by atoms with Crippen LogP contribution in [-0.4, -0.2) is 0 Å². The van der Waals surface area contributed by atoms with E-state index in [2.05, 4.69) is 354 Å². The molecular formula is C95H71N3O2. The smallest absolute Gasteiger partial charge is 0.136 e. The molecule has 3 unspecified atom stereocenters. The highest BCUT2D eigenvalue weighted by molar-refractivity contribution is 6.19. The van der Waals surface area contributed by atoms with Crippen molar-refractivity contribution in [1.29, 1.82) is 0 Å². The molecule has 478 valence electrons. The monoisotopic (exact) mass is 1290 g/mol. The van der Waals surface area contributed by atoms with E-state index in [1.54, 1.807) is 0 Å². The van der Waals surface area contributed by atoms with Crippen LogP contribution in [0.3, 0.4) is 0 Å². The van der Waals surface area contributed by atoms with Gasteiger partial charge in [0, 0.05) is 38.1 Å². The standard InChI is InChI=1S/C95H71N3O2/c1-94(2)80-29-15-22-60(90(80)77-50-63-18-8-10-20-65(63)53-82(77)94)38-43-84(59-33-31-57(32-34-59)68-41-45-86-79(52-68)92-74-28-13-12-17-58(74)40-46-87(92)99-86)98-93(96)71-25-14-24-62(47-71)67-35-36-69-49-76-75-42-37-70(55-88(75)100-89(76)56-72(69)48-67)85(97-73-26-6-5-7-27-73)44-39-61-23-16-30-81-91(61)78-51-64-19-9-11-21-66(64)54-83(78)95(81,3)4/h5-56,84-85,93,97-98H,96H2,1-4H3/b43-38+,44-39+. The second kappa shape index (κ2) is 23.1. The Hall–Kier alpha value is -11.9. The number of nitrogens with one attached hydrogen (secondary N) is 2. The fourth-order valence-electron chi connectivity index (χ4n) is 16.6. The maximum atomic E-state index is 7.43. The van der Waals surface area contributed by atoms with Crippen LogP contribution in [-0.2, 0) is 10.8 Å². The highest BCUT2D eigenvalue weighted by atomic mass is 16.3. The first-order valence-corrected chi connectivity index (χ1v) is 34.9. The third-order valence-corrected chi connectivity index (χ3v) is 21.9. The van der Waals surface area contributed by atoms with Crippen molar-refractivity contribution in [1.82, 2.24) is 5.32 Å². The summed E-state index contributed by atoms with van der Waals surface area (Å²) in [4.78, 5) is 0. The number of benzene rings is 15. The zero-order chi connectivity index (χ0) is 67.0. The van der Waals surface area contributed by atoms with Gasteiger partial charge in [-0.25, -0.2) is 0 Å². The summed E-state index contributed by atoms with van der Waals surface area (Å²) in [5.41, 5.74) is 32.3. The highest BCUT2D eigenvalue weighted by Gasteiger charge is 2.38. The lowest BCUT2D eigenvalue weighted by atomic mass is 9.81. The molecule has 0 radical (unpaired) electrons. The Morgan fingerprint density at radius 3 is 1.57 bits per heavy atom. The molecule has 17 aromatic rings. The topological polar surface area (TPSA) is 76.4 Å². The van der Waals surface area contributed by atoms with Crippen LogP contribution in [0, 0.1) is 0 Å². The van der Waals surface area contributed by atoms with Gasteiger partial charge in [-0.15, -0.1) is 0 Å². The number of furan rings is 2. The molecule has 15 aromatic carbocycles. The van der Waals surface area contributed by atoms with E-state index in [-0.39, 0.29) is 22.9 Å². The van der Waals surface area contributed by atoms with Crippen LogP contribution in [0.2, 0.25) is 0 Å². The van der Waals surface area contributed by atoms with Gasteiger partial charge in [0.1, 0.15) is 22.3 Å². The van der Waals surface area contributed by atoms with E-state index in [0.29, 0.717) is 0 Å². The number of hydrogen-bond acceptors (Lipinski definition) is 5. The minimum atomic E-state index is -0.517. The molecule has 2 aliphatic rings. The van der Waals surface area contributed by atoms with Crippen LogP contribution in [0.25, 0.3) is 144 Å². The molecule has 0 saturated carbocycles. The van der Waals surface area contributed by atoms with E-state index < -0.39 is 6.17 Å². The lowest BCUT2D eigenvalue weighted by Gasteiger charge is -2.23. The first-order chi connectivity index (χ1) is 48.9. The first-order valence-electron chi connectivity index (χ1n) is 34.9. The second-order valence-electron chi connectivity index (χ2n) is 28.6. The zero-order valence-electron chi connectivity index (χ0n) is 56.1. The van der Waals surface area contributed by atoms with Crippen molar-refractivity contribution in [2.75, 3.05) is 5.32 Å². The number of fused-ring (bicyclic) bond motifs is 17. The van der Waals surface area contributed by atoms with E-state index >= 15 is 0 Å². The normalized spacial score (nSPS) is 14.7. The number of anilines is 1. The number of hydrogen-bond donors (Lipinski definition) is 3. The lowest BCUT2D eigenvalue weighted by Crippen LogP contribution is -2.31. The van der Waals surface area contributed by atoms with E-state index in [9.17, 15) is 0 Å². The summed E-state index contributed by atoms with van der Waals surface area (Å²) in [6.07, 6.45) is 8.71. The van der Waals surface area contributed by atoms with Gasteiger partial charge < -0.3 is 19.9 Å². The molecule has 0 saturated heterocycles. The van der Waals surface area contributed by atoms with Crippen LogP contribution in [0.15, 0.2) is 312 Å². The molecule has 4 N–H and O–H groups in total. The van der Waals surface area contributed by atoms with Gasteiger partial charge in [0.2, 0.25) is 0 Å². The Bertz CT molecular complexity index is 6260. The van der Waals surface area contributed by atoms with Crippen LogP contribution in [0.4, 0.5) is 5.69 Å². The number of rotatable bonds is 13. The average molecular weight is 1290 g/mol. The van der Waals surface area contributed by atoms with Gasteiger partial charge in [0.15, 0.2) is 0 Å². The van der Waals surface area contributed by atoms with Gasteiger partial charge in [-0.1, -0.05) is 258 Å². The molecule has 100 heavy (non-hydrogen) atoms. The molecule has 0 bridgehead atoms. The molecule has 2 aliphatic carbocycles. The van der Waals surface area contributed by atoms with Gasteiger partial charge >= 0.3 is 0 Å². The van der Waals surface area contributed by atoms with Crippen molar-refractivity contribution >= 4 is 105 Å². The number of para-hydroxylation sites is 1. The molecular weight excluding hydrogens is 1220 g/mol. The Balaban J connectivity index is 0.636. The molecule has 0 aliphatic heterocycles. The van der Waals surface area contributed by atoms with Crippen LogP contribution < -0.4 is 16.4 Å². The van der Waals surface area contributed by atoms with Gasteiger partial charge in [-0.3, -0.25) is 5.32 Å². The van der Waals surface area contributed by atoms with Crippen molar-refractivity contribution in [2.45, 2.75) is 56.8 Å². The Morgan fingerprint density at radius 1 is 0.330 bits per heavy atom. The van der Waals surface area contributed by atoms with Gasteiger partial charge in [0.05, 0.1) is 18.2 Å². The molecule has 19 rings (SSSR count). The summed E-state index contributed by atoms with van der Waals surface area (Å²) >= 11 is 0. The van der Waals surface area contributed by atoms with Crippen molar-refractivity contribution in [3.8, 4) is 44.5 Å². The zero-order valence-corrected chi connectivity index (χ0v) is 56.1. The summed E-state index contributed by atoms with van der Waals surface area (Å²) in [5.74, 6) is 0. The lowest BCUT2D eigenvalue weighted by molar-refractivity contribution is 0.509. The molecule has 5 nitrogen and oxygen atoms in total. The van der Waals surface area contributed by atoms with E-state index in [0.717, 1.165) is 99.3 Å². The summed E-state index contributed by atoms with van der Waals surface area (Å²) < 4.78 is 13.3. The minimum Gasteiger partial charge on any atom is -0.456 e. The quantitative estimate of drug-likeness (QED) is 0.100. The van der Waals surface area contributed by atoms with Crippen molar-refractivity contribution < 1.29 is 8.83 Å². The Kier molecular flexibility index (Phi) is 13.8. The van der Waals surface area contributed by atoms with Crippen molar-refractivity contribution in [2.24, 2.45) is 5.73 Å². The van der Waals surface area contributed by atoms with Crippen LogP contribution in [0.1, 0.15) is 96.0 Å². The van der Waals surface area contributed by atoms with E-state index in [1.165, 1.54) is 88.0 Å². The summed E-state index contributed by atoms with van der Waals surface area (Å²) in [6.45, 7) is 9.43. The van der Waals surface area contributed by atoms with Gasteiger partial charge in [0.25, 0.3) is 0 Å². The van der Waals surface area contributed by atoms with Crippen molar-refractivity contribution in [3.05, 3.63) is 353 Å². The highest BCUT2D eigenvalue weighted by Crippen LogP contribution is 2.54. The Labute approximate surface area is 581 Å². The summed E-state index contributed by atoms with van der Waals surface area (Å²) in [7, 11) is 0. The van der Waals surface area contributed by atoms with Crippen molar-refractivity contribution in [3.63, 3.8) is 0 Å². The predicted molar refractivity (Wildman–Crippen MR) is 420 cm³/mol. The van der Waals surface area contributed by atoms with E-state index in [1.807, 2.05) is 0 Å². The fraction of sp³-hybridized carbons (Fsp3) is 0.0947. The number of nitrogens with two attached hydrogens (primary N) is 1. The van der Waals surface area contributed by atoms with Crippen LogP contribution in [0.5, 0.6) is 0 Å². The third kappa shape index (κ3) is 9.90. The minimum absolute atomic E-state index is 0.127. The molecule has 0 spiro atoms. The van der Waals surface area contributed by atoms with Crippen LogP contribution >= 0.6 is 0 Å². The van der Waals surface area contributed by atoms with Gasteiger partial charge in [-0.2, -0.15) is 0 Å². The molecule has 3 atom stereocenters. The summed E-state index contributed by atoms with van der Waals surface area (Å²) in [5, 5.41) is 21.9. The van der Waals surface area contributed by atoms with E-state index in [4.69, 9.17) is 14.6 Å². The molecule has 0 fully saturated rings. The maximum Gasteiger partial charge on any atom is 0.136 e. The molecule has 2 heterocycles. The molecule has 0 amide bonds. The first kappa shape index (κ1) is 59.4. The average Bonchev–Trinajstić information content (AvgIpc) is 1.57.